The van der Waals surface area contributed by atoms with E-state index in [1.54, 1.807) is 12.4 Å². The van der Waals surface area contributed by atoms with E-state index in [9.17, 15) is 0 Å². The van der Waals surface area contributed by atoms with E-state index in [4.69, 9.17) is 4.98 Å². The quantitative estimate of drug-likeness (QED) is 0.836. The van der Waals surface area contributed by atoms with Crippen molar-refractivity contribution in [2.75, 3.05) is 49.1 Å². The van der Waals surface area contributed by atoms with Crippen molar-refractivity contribution in [3.8, 4) is 0 Å². The van der Waals surface area contributed by atoms with E-state index >= 15 is 0 Å². The maximum Gasteiger partial charge on any atom is 0.227 e. The molecule has 2 saturated heterocycles. The Morgan fingerprint density at radius 2 is 1.72 bits per heavy atom. The first-order valence-electron chi connectivity index (χ1n) is 9.11. The molecule has 2 aliphatic heterocycles. The summed E-state index contributed by atoms with van der Waals surface area (Å²) in [6.07, 6.45) is 7.82. The van der Waals surface area contributed by atoms with E-state index in [-0.39, 0.29) is 0 Å². The SMILES string of the molecule is Cc1cc(N2CCN(Cc3cnccn3)CC2)nc(N2CCCC2)n1. The zero-order chi connectivity index (χ0) is 17.1. The minimum atomic E-state index is 0.865. The number of rotatable bonds is 4. The van der Waals surface area contributed by atoms with Gasteiger partial charge in [-0.15, -0.1) is 0 Å². The Kier molecular flexibility index (Phi) is 4.74. The Bertz CT molecular complexity index is 692. The van der Waals surface area contributed by atoms with Gasteiger partial charge in [0.1, 0.15) is 5.82 Å². The van der Waals surface area contributed by atoms with Crippen LogP contribution in [0.25, 0.3) is 0 Å². The normalized spacial score (nSPS) is 18.8. The molecule has 0 saturated carbocycles. The Morgan fingerprint density at radius 1 is 0.920 bits per heavy atom. The number of aryl methyl sites for hydroxylation is 1. The lowest BCUT2D eigenvalue weighted by Gasteiger charge is -2.35. The van der Waals surface area contributed by atoms with Gasteiger partial charge in [0.2, 0.25) is 5.95 Å². The second-order valence-corrected chi connectivity index (χ2v) is 6.82. The largest absolute Gasteiger partial charge is 0.354 e. The van der Waals surface area contributed by atoms with Crippen LogP contribution in [0.5, 0.6) is 0 Å². The fourth-order valence-electron chi connectivity index (χ4n) is 3.53. The molecule has 132 valence electrons. The molecule has 0 aromatic carbocycles. The number of hydrogen-bond donors (Lipinski definition) is 0. The van der Waals surface area contributed by atoms with Crippen molar-refractivity contribution in [3.63, 3.8) is 0 Å². The highest BCUT2D eigenvalue weighted by Gasteiger charge is 2.21. The number of nitrogens with zero attached hydrogens (tertiary/aromatic N) is 7. The van der Waals surface area contributed by atoms with Crippen LogP contribution in [0.1, 0.15) is 24.2 Å². The van der Waals surface area contributed by atoms with Crippen molar-refractivity contribution in [3.05, 3.63) is 36.0 Å². The Morgan fingerprint density at radius 3 is 2.44 bits per heavy atom. The van der Waals surface area contributed by atoms with Gasteiger partial charge in [0, 0.05) is 76.2 Å². The first-order valence-corrected chi connectivity index (χ1v) is 9.11. The maximum absolute atomic E-state index is 4.85. The molecule has 25 heavy (non-hydrogen) atoms. The summed E-state index contributed by atoms with van der Waals surface area (Å²) in [6, 6.07) is 2.11. The number of aromatic nitrogens is 4. The van der Waals surface area contributed by atoms with Crippen molar-refractivity contribution >= 4 is 11.8 Å². The van der Waals surface area contributed by atoms with Gasteiger partial charge in [0.15, 0.2) is 0 Å². The van der Waals surface area contributed by atoms with Crippen molar-refractivity contribution in [2.45, 2.75) is 26.3 Å². The third kappa shape index (κ3) is 3.87. The van der Waals surface area contributed by atoms with E-state index in [2.05, 4.69) is 42.6 Å². The van der Waals surface area contributed by atoms with E-state index in [1.807, 2.05) is 6.20 Å². The fraction of sp³-hybridized carbons (Fsp3) is 0.556. The highest BCUT2D eigenvalue weighted by atomic mass is 15.3. The zero-order valence-electron chi connectivity index (χ0n) is 14.8. The third-order valence-electron chi connectivity index (χ3n) is 4.92. The van der Waals surface area contributed by atoms with Gasteiger partial charge < -0.3 is 9.80 Å². The Hall–Kier alpha value is -2.28. The average molecular weight is 339 g/mol. The highest BCUT2D eigenvalue weighted by Crippen LogP contribution is 2.22. The van der Waals surface area contributed by atoms with Crippen LogP contribution in [-0.2, 0) is 6.54 Å². The smallest absolute Gasteiger partial charge is 0.227 e. The molecule has 7 nitrogen and oxygen atoms in total. The second-order valence-electron chi connectivity index (χ2n) is 6.82. The van der Waals surface area contributed by atoms with Crippen LogP contribution in [0.2, 0.25) is 0 Å². The van der Waals surface area contributed by atoms with Gasteiger partial charge in [-0.1, -0.05) is 0 Å². The van der Waals surface area contributed by atoms with Gasteiger partial charge in [-0.3, -0.25) is 14.9 Å². The fourth-order valence-corrected chi connectivity index (χ4v) is 3.53. The topological polar surface area (TPSA) is 61.3 Å². The summed E-state index contributed by atoms with van der Waals surface area (Å²) in [5, 5.41) is 0. The lowest BCUT2D eigenvalue weighted by molar-refractivity contribution is 0.246. The van der Waals surface area contributed by atoms with E-state index in [0.29, 0.717) is 0 Å². The molecule has 0 N–H and O–H groups in total. The summed E-state index contributed by atoms with van der Waals surface area (Å²) in [4.78, 5) is 25.1. The Balaban J connectivity index is 1.40. The molecule has 4 rings (SSSR count). The second kappa shape index (κ2) is 7.31. The van der Waals surface area contributed by atoms with Crippen LogP contribution in [0.4, 0.5) is 11.8 Å². The molecule has 0 atom stereocenters. The van der Waals surface area contributed by atoms with Gasteiger partial charge in [-0.2, -0.15) is 4.98 Å². The molecule has 4 heterocycles. The first kappa shape index (κ1) is 16.2. The summed E-state index contributed by atoms with van der Waals surface area (Å²) >= 11 is 0. The minimum absolute atomic E-state index is 0.865. The number of hydrogen-bond acceptors (Lipinski definition) is 7. The monoisotopic (exact) mass is 339 g/mol. The molecular formula is C18H25N7. The molecule has 0 radical (unpaired) electrons. The highest BCUT2D eigenvalue weighted by molar-refractivity contribution is 5.46. The van der Waals surface area contributed by atoms with E-state index in [0.717, 1.165) is 69.0 Å². The summed E-state index contributed by atoms with van der Waals surface area (Å²) in [6.45, 7) is 9.08. The average Bonchev–Trinajstić information content (AvgIpc) is 3.17. The number of anilines is 2. The van der Waals surface area contributed by atoms with Crippen molar-refractivity contribution in [2.24, 2.45) is 0 Å². The van der Waals surface area contributed by atoms with Crippen molar-refractivity contribution in [1.29, 1.82) is 0 Å². The van der Waals surface area contributed by atoms with Gasteiger partial charge in [-0.05, 0) is 19.8 Å². The standard InChI is InChI=1S/C18H25N7/c1-15-12-17(22-18(21-15)25-6-2-3-7-25)24-10-8-23(9-11-24)14-16-13-19-4-5-20-16/h4-5,12-13H,2-3,6-11,14H2,1H3. The third-order valence-corrected chi connectivity index (χ3v) is 4.92. The summed E-state index contributed by atoms with van der Waals surface area (Å²) in [5.41, 5.74) is 2.08. The van der Waals surface area contributed by atoms with Gasteiger partial charge in [0.25, 0.3) is 0 Å². The molecule has 7 heteroatoms. The van der Waals surface area contributed by atoms with Crippen LogP contribution in [0.15, 0.2) is 24.7 Å². The van der Waals surface area contributed by atoms with E-state index < -0.39 is 0 Å². The molecule has 0 bridgehead atoms. The van der Waals surface area contributed by atoms with Gasteiger partial charge in [0.05, 0.1) is 5.69 Å². The predicted molar refractivity (Wildman–Crippen MR) is 97.7 cm³/mol. The molecule has 0 aliphatic carbocycles. The van der Waals surface area contributed by atoms with Gasteiger partial charge in [-0.25, -0.2) is 4.98 Å². The zero-order valence-corrected chi connectivity index (χ0v) is 14.8. The summed E-state index contributed by atoms with van der Waals surface area (Å²) in [7, 11) is 0. The van der Waals surface area contributed by atoms with Crippen molar-refractivity contribution < 1.29 is 0 Å². The lowest BCUT2D eigenvalue weighted by atomic mass is 10.2. The molecule has 0 amide bonds. The summed E-state index contributed by atoms with van der Waals surface area (Å²) < 4.78 is 0. The van der Waals surface area contributed by atoms with Crippen LogP contribution in [-0.4, -0.2) is 64.1 Å². The molecule has 2 fully saturated rings. The maximum atomic E-state index is 4.85. The van der Waals surface area contributed by atoms with E-state index in [1.165, 1.54) is 12.8 Å². The molecule has 2 aromatic rings. The Labute approximate surface area is 148 Å². The van der Waals surface area contributed by atoms with Gasteiger partial charge >= 0.3 is 0 Å². The summed E-state index contributed by atoms with van der Waals surface area (Å²) in [5.74, 6) is 1.96. The number of piperazine rings is 1. The molecule has 2 aliphatic rings. The van der Waals surface area contributed by atoms with Crippen molar-refractivity contribution in [1.82, 2.24) is 24.8 Å². The van der Waals surface area contributed by atoms with Crippen LogP contribution in [0, 0.1) is 6.92 Å². The first-order chi connectivity index (χ1) is 12.3. The molecule has 2 aromatic heterocycles. The lowest BCUT2D eigenvalue weighted by Crippen LogP contribution is -2.46. The van der Waals surface area contributed by atoms with Crippen LogP contribution < -0.4 is 9.80 Å². The molecular weight excluding hydrogens is 314 g/mol. The molecule has 0 unspecified atom stereocenters. The van der Waals surface area contributed by atoms with Crippen LogP contribution >= 0.6 is 0 Å². The molecule has 0 spiro atoms. The van der Waals surface area contributed by atoms with Crippen LogP contribution in [0.3, 0.4) is 0 Å². The minimum Gasteiger partial charge on any atom is -0.354 e. The predicted octanol–water partition coefficient (Wildman–Crippen LogP) is 1.50.